The van der Waals surface area contributed by atoms with Crippen LogP contribution in [-0.4, -0.2) is 25.3 Å². The molecule has 0 spiro atoms. The Bertz CT molecular complexity index is 745. The van der Waals surface area contributed by atoms with Crippen LogP contribution in [0.25, 0.3) is 0 Å². The van der Waals surface area contributed by atoms with Crippen molar-refractivity contribution in [2.45, 2.75) is 26.7 Å². The fourth-order valence-corrected chi connectivity index (χ4v) is 2.52. The van der Waals surface area contributed by atoms with E-state index in [1.165, 1.54) is 5.56 Å². The van der Waals surface area contributed by atoms with Crippen LogP contribution in [0, 0.1) is 0 Å². The topological polar surface area (TPSA) is 59.9 Å². The minimum absolute atomic E-state index is 0.0967. The lowest BCUT2D eigenvalue weighted by Crippen LogP contribution is -2.24. The van der Waals surface area contributed by atoms with E-state index in [0.717, 1.165) is 28.6 Å². The highest BCUT2D eigenvalue weighted by Crippen LogP contribution is 2.22. The van der Waals surface area contributed by atoms with Gasteiger partial charge in [0.1, 0.15) is 11.5 Å². The molecule has 0 aromatic heterocycles. The van der Waals surface area contributed by atoms with Gasteiger partial charge in [0.15, 0.2) is 6.61 Å². The molecule has 0 saturated heterocycles. The Kier molecular flexibility index (Phi) is 8.15. The van der Waals surface area contributed by atoms with Crippen molar-refractivity contribution in [3.63, 3.8) is 0 Å². The number of nitrogens with one attached hydrogen (secondary N) is 1. The van der Waals surface area contributed by atoms with Crippen molar-refractivity contribution in [3.8, 4) is 11.5 Å². The lowest BCUT2D eigenvalue weighted by molar-refractivity contribution is -0.123. The zero-order valence-electron chi connectivity index (χ0n) is 15.0. The van der Waals surface area contributed by atoms with Gasteiger partial charge in [-0.3, -0.25) is 4.79 Å². The summed E-state index contributed by atoms with van der Waals surface area (Å²) >= 11 is 3.42. The summed E-state index contributed by atoms with van der Waals surface area (Å²) in [6, 6.07) is 13.3. The lowest BCUT2D eigenvalue weighted by atomic mass is 10.2. The number of halogens is 1. The predicted octanol–water partition coefficient (Wildman–Crippen LogP) is 4.33. The maximum atomic E-state index is 11.9. The van der Waals surface area contributed by atoms with E-state index in [-0.39, 0.29) is 12.5 Å². The van der Waals surface area contributed by atoms with Crippen LogP contribution < -0.4 is 14.9 Å². The average molecular weight is 419 g/mol. The molecule has 2 rings (SSSR count). The third-order valence-corrected chi connectivity index (χ3v) is 4.02. The van der Waals surface area contributed by atoms with Gasteiger partial charge in [0.2, 0.25) is 0 Å². The van der Waals surface area contributed by atoms with Crippen LogP contribution in [0.1, 0.15) is 31.4 Å². The minimum atomic E-state index is -0.327. The Morgan fingerprint density at radius 1 is 1.15 bits per heavy atom. The van der Waals surface area contributed by atoms with Crippen molar-refractivity contribution in [2.24, 2.45) is 5.10 Å². The molecule has 0 bridgehead atoms. The molecule has 0 aliphatic carbocycles. The van der Waals surface area contributed by atoms with Crippen LogP contribution >= 0.6 is 15.9 Å². The van der Waals surface area contributed by atoms with Crippen molar-refractivity contribution in [1.82, 2.24) is 5.43 Å². The molecule has 0 saturated carbocycles. The molecule has 2 aromatic rings. The van der Waals surface area contributed by atoms with Crippen molar-refractivity contribution in [3.05, 3.63) is 58.1 Å². The number of hydrogen-bond acceptors (Lipinski definition) is 4. The van der Waals surface area contributed by atoms with Gasteiger partial charge in [-0.25, -0.2) is 5.43 Å². The molecule has 1 N–H and O–H groups in total. The van der Waals surface area contributed by atoms with E-state index in [0.29, 0.717) is 12.4 Å². The monoisotopic (exact) mass is 418 g/mol. The number of hydrazone groups is 1. The quantitative estimate of drug-likeness (QED) is 0.486. The first-order valence-corrected chi connectivity index (χ1v) is 9.37. The van der Waals surface area contributed by atoms with Gasteiger partial charge in [-0.2, -0.15) is 5.10 Å². The van der Waals surface area contributed by atoms with Crippen LogP contribution in [-0.2, 0) is 11.2 Å². The van der Waals surface area contributed by atoms with E-state index in [4.69, 9.17) is 9.47 Å². The number of carbonyl (C=O) groups is 1. The summed E-state index contributed by atoms with van der Waals surface area (Å²) in [6.07, 6.45) is 3.44. The third kappa shape index (κ3) is 6.52. The van der Waals surface area contributed by atoms with E-state index < -0.39 is 0 Å². The van der Waals surface area contributed by atoms with Gasteiger partial charge in [-0.05, 0) is 48.7 Å². The Labute approximate surface area is 162 Å². The summed E-state index contributed by atoms with van der Waals surface area (Å²) in [5, 5.41) is 3.99. The second-order valence-electron chi connectivity index (χ2n) is 5.61. The number of nitrogens with zero attached hydrogens (tertiary/aromatic N) is 1. The zero-order chi connectivity index (χ0) is 18.8. The zero-order valence-corrected chi connectivity index (χ0v) is 16.6. The molecular weight excluding hydrogens is 396 g/mol. The Balaban J connectivity index is 1.87. The van der Waals surface area contributed by atoms with E-state index in [1.54, 1.807) is 6.21 Å². The molecule has 6 heteroatoms. The fraction of sp³-hybridized carbons (Fsp3) is 0.300. The molecule has 2 aromatic carbocycles. The summed E-state index contributed by atoms with van der Waals surface area (Å²) < 4.78 is 12.0. The van der Waals surface area contributed by atoms with Gasteiger partial charge >= 0.3 is 0 Å². The van der Waals surface area contributed by atoms with Gasteiger partial charge < -0.3 is 9.47 Å². The van der Waals surface area contributed by atoms with Gasteiger partial charge in [0.05, 0.1) is 12.8 Å². The number of amides is 1. The Hall–Kier alpha value is -2.34. The van der Waals surface area contributed by atoms with Crippen LogP contribution in [0.2, 0.25) is 0 Å². The number of benzene rings is 2. The summed E-state index contributed by atoms with van der Waals surface area (Å²) in [4.78, 5) is 11.9. The summed E-state index contributed by atoms with van der Waals surface area (Å²) in [7, 11) is 0. The van der Waals surface area contributed by atoms with Crippen LogP contribution in [0.3, 0.4) is 0 Å². The highest BCUT2D eigenvalue weighted by atomic mass is 79.9. The van der Waals surface area contributed by atoms with Crippen molar-refractivity contribution >= 4 is 28.1 Å². The molecule has 138 valence electrons. The highest BCUT2D eigenvalue weighted by molar-refractivity contribution is 9.10. The van der Waals surface area contributed by atoms with Crippen LogP contribution in [0.5, 0.6) is 11.5 Å². The molecule has 0 radical (unpaired) electrons. The molecule has 1 amide bonds. The van der Waals surface area contributed by atoms with Gasteiger partial charge in [-0.15, -0.1) is 0 Å². The molecule has 0 unspecified atom stereocenters. The number of rotatable bonds is 9. The normalized spacial score (nSPS) is 10.7. The Morgan fingerprint density at radius 3 is 2.62 bits per heavy atom. The number of ether oxygens (including phenoxy) is 2. The maximum Gasteiger partial charge on any atom is 0.277 e. The van der Waals surface area contributed by atoms with E-state index in [2.05, 4.69) is 33.4 Å². The fourth-order valence-electron chi connectivity index (χ4n) is 2.14. The van der Waals surface area contributed by atoms with Crippen molar-refractivity contribution in [2.75, 3.05) is 13.2 Å². The molecule has 0 aliphatic rings. The van der Waals surface area contributed by atoms with Crippen LogP contribution in [0.4, 0.5) is 0 Å². The first-order chi connectivity index (χ1) is 12.6. The SMILES string of the molecule is CCCOc1ccc(Br)cc1/C=N\NC(=O)COc1ccc(CC)cc1. The second kappa shape index (κ2) is 10.6. The number of carbonyl (C=O) groups excluding carboxylic acids is 1. The van der Waals surface area contributed by atoms with Crippen LogP contribution in [0.15, 0.2) is 52.0 Å². The van der Waals surface area contributed by atoms with Gasteiger partial charge in [0.25, 0.3) is 5.91 Å². The first kappa shape index (κ1) is 20.0. The maximum absolute atomic E-state index is 11.9. The highest BCUT2D eigenvalue weighted by Gasteiger charge is 2.04. The Morgan fingerprint density at radius 2 is 1.92 bits per heavy atom. The molecule has 0 heterocycles. The minimum Gasteiger partial charge on any atom is -0.493 e. The summed E-state index contributed by atoms with van der Waals surface area (Å²) in [5.74, 6) is 1.05. The van der Waals surface area contributed by atoms with Crippen molar-refractivity contribution in [1.29, 1.82) is 0 Å². The second-order valence-corrected chi connectivity index (χ2v) is 6.53. The largest absolute Gasteiger partial charge is 0.493 e. The molecule has 0 aliphatic heterocycles. The third-order valence-electron chi connectivity index (χ3n) is 3.53. The molecule has 26 heavy (non-hydrogen) atoms. The first-order valence-electron chi connectivity index (χ1n) is 8.58. The standard InChI is InChI=1S/C20H23BrN2O3/c1-3-11-25-19-10-7-17(21)12-16(19)13-22-23-20(24)14-26-18-8-5-15(4-2)6-9-18/h5-10,12-13H,3-4,11,14H2,1-2H3,(H,23,24)/b22-13-. The number of aryl methyl sites for hydroxylation is 1. The van der Waals surface area contributed by atoms with Gasteiger partial charge in [-0.1, -0.05) is 41.9 Å². The molecule has 5 nitrogen and oxygen atoms in total. The molecule has 0 fully saturated rings. The average Bonchev–Trinajstić information content (AvgIpc) is 2.66. The van der Waals surface area contributed by atoms with E-state index in [9.17, 15) is 4.79 Å². The van der Waals surface area contributed by atoms with Crippen molar-refractivity contribution < 1.29 is 14.3 Å². The smallest absolute Gasteiger partial charge is 0.277 e. The number of hydrogen-bond donors (Lipinski definition) is 1. The molecule has 0 atom stereocenters. The summed E-state index contributed by atoms with van der Waals surface area (Å²) in [6.45, 7) is 4.66. The van der Waals surface area contributed by atoms with E-state index >= 15 is 0 Å². The summed E-state index contributed by atoms with van der Waals surface area (Å²) in [5.41, 5.74) is 4.47. The van der Waals surface area contributed by atoms with E-state index in [1.807, 2.05) is 49.4 Å². The van der Waals surface area contributed by atoms with Gasteiger partial charge in [0, 0.05) is 10.0 Å². The molecular formula is C20H23BrN2O3. The predicted molar refractivity (Wildman–Crippen MR) is 107 cm³/mol. The lowest BCUT2D eigenvalue weighted by Gasteiger charge is -2.08.